The molecule has 1 aromatic rings. The van der Waals surface area contributed by atoms with Gasteiger partial charge in [-0.15, -0.1) is 0 Å². The molecule has 0 bridgehead atoms. The summed E-state index contributed by atoms with van der Waals surface area (Å²) in [5, 5.41) is 17.2. The average Bonchev–Trinajstić information content (AvgIpc) is 2.42. The van der Waals surface area contributed by atoms with Crippen LogP contribution in [0.1, 0.15) is 24.2 Å². The van der Waals surface area contributed by atoms with Crippen LogP contribution in [-0.2, 0) is 10.0 Å². The molecule has 1 rings (SSSR count). The lowest BCUT2D eigenvalue weighted by Crippen LogP contribution is -2.29. The number of anilines is 1. The number of nitrogens with one attached hydrogen (secondary N) is 1. The van der Waals surface area contributed by atoms with Gasteiger partial charge in [-0.2, -0.15) is 0 Å². The molecule has 0 aliphatic carbocycles. The Hall–Kier alpha value is -1.64. The number of hydrogen-bond donors (Lipinski definition) is 3. The van der Waals surface area contributed by atoms with Crippen LogP contribution >= 0.6 is 0 Å². The summed E-state index contributed by atoms with van der Waals surface area (Å²) in [4.78, 5) is 13.2. The van der Waals surface area contributed by atoms with Gasteiger partial charge in [0.1, 0.15) is 0 Å². The highest BCUT2D eigenvalue weighted by molar-refractivity contribution is 7.89. The third-order valence-electron chi connectivity index (χ3n) is 3.19. The molecule has 0 amide bonds. The highest BCUT2D eigenvalue weighted by Crippen LogP contribution is 2.19. The summed E-state index contributed by atoms with van der Waals surface area (Å²) in [5.74, 6) is -1.20. The molecule has 0 heterocycles. The molecule has 0 saturated carbocycles. The predicted octanol–water partition coefficient (Wildman–Crippen LogP) is 0.786. The molecule has 0 aliphatic rings. The first-order valence-electron chi connectivity index (χ1n) is 6.66. The summed E-state index contributed by atoms with van der Waals surface area (Å²) >= 11 is 0. The molecule has 0 atom stereocenters. The van der Waals surface area contributed by atoms with E-state index in [0.29, 0.717) is 12.2 Å². The Labute approximate surface area is 124 Å². The molecule has 118 valence electrons. The van der Waals surface area contributed by atoms with Crippen molar-refractivity contribution in [3.63, 3.8) is 0 Å². The Morgan fingerprint density at radius 1 is 1.33 bits per heavy atom. The maximum atomic E-state index is 11.3. The summed E-state index contributed by atoms with van der Waals surface area (Å²) in [6.07, 6.45) is 0. The van der Waals surface area contributed by atoms with E-state index in [0.717, 1.165) is 25.7 Å². The Morgan fingerprint density at radius 3 is 2.43 bits per heavy atom. The molecule has 0 aromatic heterocycles. The van der Waals surface area contributed by atoms with Crippen molar-refractivity contribution in [1.29, 1.82) is 0 Å². The molecule has 0 fully saturated rings. The van der Waals surface area contributed by atoms with Crippen LogP contribution in [0.3, 0.4) is 0 Å². The van der Waals surface area contributed by atoms with Gasteiger partial charge < -0.3 is 15.3 Å². The van der Waals surface area contributed by atoms with Gasteiger partial charge in [0.15, 0.2) is 0 Å². The largest absolute Gasteiger partial charge is 0.478 e. The van der Waals surface area contributed by atoms with Crippen molar-refractivity contribution < 1.29 is 18.3 Å². The average molecular weight is 315 g/mol. The zero-order valence-corrected chi connectivity index (χ0v) is 13.0. The number of likely N-dealkylation sites (N-methyl/N-ethyl adjacent to an activating group) is 1. The van der Waals surface area contributed by atoms with Gasteiger partial charge in [0.25, 0.3) is 0 Å². The van der Waals surface area contributed by atoms with E-state index in [-0.39, 0.29) is 10.5 Å². The van der Waals surface area contributed by atoms with Crippen LogP contribution in [0.5, 0.6) is 0 Å². The molecular weight excluding hydrogens is 294 g/mol. The Bertz CT molecular complexity index is 597. The van der Waals surface area contributed by atoms with E-state index in [9.17, 15) is 18.3 Å². The first-order valence-corrected chi connectivity index (χ1v) is 8.20. The normalized spacial score (nSPS) is 11.6. The van der Waals surface area contributed by atoms with Gasteiger partial charge in [-0.3, -0.25) is 0 Å². The van der Waals surface area contributed by atoms with E-state index in [2.05, 4.69) is 10.2 Å². The third-order valence-corrected chi connectivity index (χ3v) is 4.10. The first-order chi connectivity index (χ1) is 9.79. The van der Waals surface area contributed by atoms with E-state index >= 15 is 0 Å². The standard InChI is InChI=1S/C13H21N3O4S/c1-3-16(4-2)8-7-15-12-6-5-10(21(14,19)20)9-11(12)13(17)18/h5-6,9,15H,3-4,7-8H2,1-2H3,(H,17,18)(H2,14,19,20). The first kappa shape index (κ1) is 17.4. The molecule has 21 heavy (non-hydrogen) atoms. The third kappa shape index (κ3) is 5.00. The smallest absolute Gasteiger partial charge is 0.337 e. The van der Waals surface area contributed by atoms with Crippen molar-refractivity contribution in [2.75, 3.05) is 31.5 Å². The van der Waals surface area contributed by atoms with Gasteiger partial charge >= 0.3 is 5.97 Å². The minimum absolute atomic E-state index is 0.110. The van der Waals surface area contributed by atoms with Crippen LogP contribution in [0.2, 0.25) is 0 Å². The number of benzene rings is 1. The molecule has 0 spiro atoms. The van der Waals surface area contributed by atoms with E-state index in [4.69, 9.17) is 5.14 Å². The van der Waals surface area contributed by atoms with Crippen LogP contribution in [0.15, 0.2) is 23.1 Å². The van der Waals surface area contributed by atoms with Gasteiger partial charge in [-0.1, -0.05) is 13.8 Å². The summed E-state index contributed by atoms with van der Waals surface area (Å²) in [7, 11) is -3.92. The van der Waals surface area contributed by atoms with Crippen LogP contribution in [0.25, 0.3) is 0 Å². The fourth-order valence-corrected chi connectivity index (χ4v) is 2.46. The SMILES string of the molecule is CCN(CC)CCNc1ccc(S(N)(=O)=O)cc1C(=O)O. The molecule has 7 nitrogen and oxygen atoms in total. The van der Waals surface area contributed by atoms with E-state index in [1.165, 1.54) is 12.1 Å². The maximum absolute atomic E-state index is 11.3. The Kier molecular flexibility index (Phi) is 6.13. The van der Waals surface area contributed by atoms with E-state index in [1.54, 1.807) is 0 Å². The van der Waals surface area contributed by atoms with Gasteiger partial charge in [0.2, 0.25) is 10.0 Å². The molecule has 1 aromatic carbocycles. The van der Waals surface area contributed by atoms with E-state index < -0.39 is 16.0 Å². The Balaban J connectivity index is 2.90. The fourth-order valence-electron chi connectivity index (χ4n) is 1.92. The van der Waals surface area contributed by atoms with Crippen molar-refractivity contribution >= 4 is 21.7 Å². The number of carboxylic acids is 1. The number of primary sulfonamides is 1. The molecule has 4 N–H and O–H groups in total. The molecule has 8 heteroatoms. The number of aromatic carboxylic acids is 1. The number of carboxylic acid groups (broad SMARTS) is 1. The topological polar surface area (TPSA) is 113 Å². The van der Waals surface area contributed by atoms with Gasteiger partial charge in [-0.25, -0.2) is 18.4 Å². The number of nitrogens with zero attached hydrogens (tertiary/aromatic N) is 1. The minimum Gasteiger partial charge on any atom is -0.478 e. The van der Waals surface area contributed by atoms with E-state index in [1.807, 2.05) is 13.8 Å². The zero-order chi connectivity index (χ0) is 16.0. The minimum atomic E-state index is -3.92. The van der Waals surface area contributed by atoms with Crippen LogP contribution < -0.4 is 10.5 Å². The monoisotopic (exact) mass is 315 g/mol. The molecular formula is C13H21N3O4S. The van der Waals surface area contributed by atoms with Crippen LogP contribution in [0, 0.1) is 0 Å². The van der Waals surface area contributed by atoms with Crippen LogP contribution in [0.4, 0.5) is 5.69 Å². The number of rotatable bonds is 8. The second kappa shape index (κ2) is 7.39. The maximum Gasteiger partial charge on any atom is 0.337 e. The summed E-state index contributed by atoms with van der Waals surface area (Å²) < 4.78 is 22.5. The lowest BCUT2D eigenvalue weighted by molar-refractivity contribution is 0.0697. The van der Waals surface area contributed by atoms with Crippen molar-refractivity contribution in [2.24, 2.45) is 5.14 Å². The molecule has 0 aliphatic heterocycles. The lowest BCUT2D eigenvalue weighted by atomic mass is 10.2. The number of carbonyl (C=O) groups is 1. The summed E-state index contributed by atoms with van der Waals surface area (Å²) in [5.41, 5.74) is 0.267. The highest BCUT2D eigenvalue weighted by Gasteiger charge is 2.15. The number of hydrogen-bond acceptors (Lipinski definition) is 5. The number of nitrogens with two attached hydrogens (primary N) is 1. The number of sulfonamides is 1. The lowest BCUT2D eigenvalue weighted by Gasteiger charge is -2.19. The zero-order valence-electron chi connectivity index (χ0n) is 12.2. The van der Waals surface area contributed by atoms with Crippen molar-refractivity contribution in [3.05, 3.63) is 23.8 Å². The highest BCUT2D eigenvalue weighted by atomic mass is 32.2. The summed E-state index contributed by atoms with van der Waals surface area (Å²) in [6.45, 7) is 7.25. The Morgan fingerprint density at radius 2 is 1.95 bits per heavy atom. The van der Waals surface area contributed by atoms with Gasteiger partial charge in [-0.05, 0) is 31.3 Å². The molecule has 0 radical (unpaired) electrons. The fraction of sp³-hybridized carbons (Fsp3) is 0.462. The van der Waals surface area contributed by atoms with Crippen molar-refractivity contribution in [2.45, 2.75) is 18.7 Å². The van der Waals surface area contributed by atoms with Crippen LogP contribution in [-0.4, -0.2) is 50.6 Å². The quantitative estimate of drug-likeness (QED) is 0.653. The molecule has 0 unspecified atom stereocenters. The predicted molar refractivity (Wildman–Crippen MR) is 81.1 cm³/mol. The van der Waals surface area contributed by atoms with Crippen molar-refractivity contribution in [1.82, 2.24) is 4.90 Å². The second-order valence-corrected chi connectivity index (χ2v) is 6.07. The van der Waals surface area contributed by atoms with Crippen molar-refractivity contribution in [3.8, 4) is 0 Å². The summed E-state index contributed by atoms with van der Waals surface area (Å²) in [6, 6.07) is 3.78. The molecule has 0 saturated heterocycles. The van der Waals surface area contributed by atoms with Gasteiger partial charge in [0, 0.05) is 18.8 Å². The second-order valence-electron chi connectivity index (χ2n) is 4.51. The van der Waals surface area contributed by atoms with Gasteiger partial charge in [0.05, 0.1) is 10.5 Å².